The molecule has 240 valence electrons. The molecule has 0 spiro atoms. The summed E-state index contributed by atoms with van der Waals surface area (Å²) in [6, 6.07) is 23.7. The van der Waals surface area contributed by atoms with Gasteiger partial charge >= 0.3 is 11.9 Å². The van der Waals surface area contributed by atoms with Gasteiger partial charge in [-0.2, -0.15) is 5.26 Å². The SMILES string of the molecule is CCCCCCCCOc1ccc(-c2ccc(C(=O)Oc3ccc(OC(=O)[C@](C)(C#N)[C@H](C)CCCCCC)cc3)cc2)cc1. The fourth-order valence-corrected chi connectivity index (χ4v) is 5.09. The van der Waals surface area contributed by atoms with E-state index in [1.807, 2.05) is 43.3 Å². The number of carbonyl (C=O) groups is 2. The van der Waals surface area contributed by atoms with Crippen LogP contribution in [-0.4, -0.2) is 18.5 Å². The molecular formula is C39H49NO5. The number of esters is 2. The van der Waals surface area contributed by atoms with Crippen LogP contribution in [0.3, 0.4) is 0 Å². The molecule has 0 saturated carbocycles. The number of unbranched alkanes of at least 4 members (excludes halogenated alkanes) is 8. The molecule has 6 nitrogen and oxygen atoms in total. The summed E-state index contributed by atoms with van der Waals surface area (Å²) in [5, 5.41) is 9.80. The molecule has 0 amide bonds. The average Bonchev–Trinajstić information content (AvgIpc) is 3.07. The molecule has 2 atom stereocenters. The summed E-state index contributed by atoms with van der Waals surface area (Å²) in [5.41, 5.74) is 1.20. The van der Waals surface area contributed by atoms with Crippen LogP contribution in [0.25, 0.3) is 11.1 Å². The van der Waals surface area contributed by atoms with E-state index in [9.17, 15) is 14.9 Å². The van der Waals surface area contributed by atoms with E-state index in [4.69, 9.17) is 14.2 Å². The summed E-state index contributed by atoms with van der Waals surface area (Å²) in [6.07, 6.45) is 12.5. The molecule has 3 aromatic carbocycles. The van der Waals surface area contributed by atoms with Gasteiger partial charge in [-0.1, -0.05) is 103 Å². The largest absolute Gasteiger partial charge is 0.494 e. The Labute approximate surface area is 269 Å². The van der Waals surface area contributed by atoms with Crippen LogP contribution in [0.5, 0.6) is 17.2 Å². The average molecular weight is 612 g/mol. The molecule has 45 heavy (non-hydrogen) atoms. The second kappa shape index (κ2) is 18.6. The smallest absolute Gasteiger partial charge is 0.343 e. The zero-order valence-electron chi connectivity index (χ0n) is 27.5. The number of nitriles is 1. The Balaban J connectivity index is 1.49. The Hall–Kier alpha value is -4.11. The Morgan fingerprint density at radius 1 is 0.689 bits per heavy atom. The highest BCUT2D eigenvalue weighted by atomic mass is 16.5. The number of hydrogen-bond donors (Lipinski definition) is 0. The molecule has 0 bridgehead atoms. The molecule has 0 heterocycles. The van der Waals surface area contributed by atoms with Gasteiger partial charge in [0.25, 0.3) is 0 Å². The highest BCUT2D eigenvalue weighted by Gasteiger charge is 2.41. The first-order valence-electron chi connectivity index (χ1n) is 16.6. The number of nitrogens with zero attached hydrogens (tertiary/aromatic N) is 1. The first-order chi connectivity index (χ1) is 21.8. The minimum absolute atomic E-state index is 0.133. The van der Waals surface area contributed by atoms with E-state index in [2.05, 4.69) is 19.9 Å². The summed E-state index contributed by atoms with van der Waals surface area (Å²) in [7, 11) is 0. The standard InChI is InChI=1S/C39H49NO5/c1-5-7-9-11-12-14-28-43-34-22-20-32(21-23-34)31-16-18-33(19-17-31)37(41)44-35-24-26-36(27-25-35)45-38(42)39(4,29-40)30(3)15-13-10-8-6-2/h16-27,30H,5-15,28H2,1-4H3/t30-,39-/m1/s1. The highest BCUT2D eigenvalue weighted by molar-refractivity contribution is 5.91. The quantitative estimate of drug-likeness (QED) is 0.0761. The van der Waals surface area contributed by atoms with Crippen LogP contribution in [0.4, 0.5) is 0 Å². The van der Waals surface area contributed by atoms with Crippen LogP contribution in [0.2, 0.25) is 0 Å². The van der Waals surface area contributed by atoms with E-state index in [1.165, 1.54) is 32.1 Å². The van der Waals surface area contributed by atoms with Crippen molar-refractivity contribution in [3.8, 4) is 34.4 Å². The van der Waals surface area contributed by atoms with Gasteiger partial charge < -0.3 is 14.2 Å². The van der Waals surface area contributed by atoms with Crippen molar-refractivity contribution >= 4 is 11.9 Å². The van der Waals surface area contributed by atoms with Crippen LogP contribution >= 0.6 is 0 Å². The first kappa shape index (κ1) is 35.4. The maximum Gasteiger partial charge on any atom is 0.343 e. The number of hydrogen-bond acceptors (Lipinski definition) is 6. The van der Waals surface area contributed by atoms with Gasteiger partial charge in [0.05, 0.1) is 18.2 Å². The topological polar surface area (TPSA) is 85.6 Å². The highest BCUT2D eigenvalue weighted by Crippen LogP contribution is 2.33. The van der Waals surface area contributed by atoms with Crippen molar-refractivity contribution in [3.63, 3.8) is 0 Å². The fraction of sp³-hybridized carbons (Fsp3) is 0.462. The summed E-state index contributed by atoms with van der Waals surface area (Å²) in [4.78, 5) is 25.7. The molecule has 0 fully saturated rings. The van der Waals surface area contributed by atoms with E-state index in [0.29, 0.717) is 17.1 Å². The van der Waals surface area contributed by atoms with Crippen molar-refractivity contribution in [2.24, 2.45) is 11.3 Å². The van der Waals surface area contributed by atoms with Crippen LogP contribution in [0.15, 0.2) is 72.8 Å². The second-order valence-corrected chi connectivity index (χ2v) is 12.0. The normalized spacial score (nSPS) is 12.9. The van der Waals surface area contributed by atoms with Crippen molar-refractivity contribution in [1.82, 2.24) is 0 Å². The maximum absolute atomic E-state index is 12.9. The van der Waals surface area contributed by atoms with Gasteiger partial charge in [-0.3, -0.25) is 0 Å². The van der Waals surface area contributed by atoms with E-state index < -0.39 is 17.4 Å². The molecule has 0 aliphatic rings. The van der Waals surface area contributed by atoms with Gasteiger partial charge in [-0.15, -0.1) is 0 Å². The second-order valence-electron chi connectivity index (χ2n) is 12.0. The third kappa shape index (κ3) is 11.1. The summed E-state index contributed by atoms with van der Waals surface area (Å²) < 4.78 is 17.0. The first-order valence-corrected chi connectivity index (χ1v) is 16.6. The Bertz CT molecular complexity index is 1360. The van der Waals surface area contributed by atoms with Gasteiger partial charge in [-0.25, -0.2) is 9.59 Å². The maximum atomic E-state index is 12.9. The molecular weight excluding hydrogens is 562 g/mol. The van der Waals surface area contributed by atoms with E-state index in [1.54, 1.807) is 43.3 Å². The summed E-state index contributed by atoms with van der Waals surface area (Å²) in [5.74, 6) is 0.286. The molecule has 6 heteroatoms. The zero-order chi connectivity index (χ0) is 32.5. The minimum Gasteiger partial charge on any atom is -0.494 e. The molecule has 3 aromatic rings. The summed E-state index contributed by atoms with van der Waals surface area (Å²) >= 11 is 0. The predicted molar refractivity (Wildman–Crippen MR) is 179 cm³/mol. The third-order valence-corrected chi connectivity index (χ3v) is 8.45. The van der Waals surface area contributed by atoms with Crippen molar-refractivity contribution in [2.45, 2.75) is 98.3 Å². The summed E-state index contributed by atoms with van der Waals surface area (Å²) in [6.45, 7) is 8.68. The number of ether oxygens (including phenoxy) is 3. The minimum atomic E-state index is -1.24. The molecule has 0 N–H and O–H groups in total. The van der Waals surface area contributed by atoms with E-state index >= 15 is 0 Å². The zero-order valence-corrected chi connectivity index (χ0v) is 27.5. The fourth-order valence-electron chi connectivity index (χ4n) is 5.09. The number of carbonyl (C=O) groups excluding carboxylic acids is 2. The van der Waals surface area contributed by atoms with Gasteiger partial charge in [-0.05, 0) is 85.3 Å². The lowest BCUT2D eigenvalue weighted by molar-refractivity contribution is -0.144. The lowest BCUT2D eigenvalue weighted by atomic mass is 9.76. The third-order valence-electron chi connectivity index (χ3n) is 8.45. The molecule has 0 aromatic heterocycles. The van der Waals surface area contributed by atoms with Crippen molar-refractivity contribution in [2.75, 3.05) is 6.61 Å². The molecule has 0 aliphatic heterocycles. The molecule has 0 saturated heterocycles. The van der Waals surface area contributed by atoms with Gasteiger partial charge in [0, 0.05) is 0 Å². The lowest BCUT2D eigenvalue weighted by Gasteiger charge is -2.26. The van der Waals surface area contributed by atoms with Crippen LogP contribution < -0.4 is 14.2 Å². The predicted octanol–water partition coefficient (Wildman–Crippen LogP) is 10.4. The van der Waals surface area contributed by atoms with Crippen molar-refractivity contribution < 1.29 is 23.8 Å². The van der Waals surface area contributed by atoms with Gasteiger partial charge in [0.15, 0.2) is 5.41 Å². The molecule has 3 rings (SSSR count). The number of benzene rings is 3. The molecule has 0 unspecified atom stereocenters. The van der Waals surface area contributed by atoms with Crippen molar-refractivity contribution in [1.29, 1.82) is 5.26 Å². The monoisotopic (exact) mass is 611 g/mol. The van der Waals surface area contributed by atoms with Crippen LogP contribution in [0, 0.1) is 22.7 Å². The van der Waals surface area contributed by atoms with E-state index in [-0.39, 0.29) is 5.92 Å². The van der Waals surface area contributed by atoms with Gasteiger partial charge in [0.1, 0.15) is 17.2 Å². The lowest BCUT2D eigenvalue weighted by Crippen LogP contribution is -2.36. The Morgan fingerprint density at radius 3 is 1.76 bits per heavy atom. The molecule has 0 radical (unpaired) electrons. The Morgan fingerprint density at radius 2 is 1.18 bits per heavy atom. The van der Waals surface area contributed by atoms with Crippen LogP contribution in [0.1, 0.15) is 109 Å². The molecule has 0 aliphatic carbocycles. The Kier molecular flexibility index (Phi) is 14.7. The van der Waals surface area contributed by atoms with Crippen LogP contribution in [-0.2, 0) is 4.79 Å². The van der Waals surface area contributed by atoms with Gasteiger partial charge in [0.2, 0.25) is 0 Å². The van der Waals surface area contributed by atoms with E-state index in [0.717, 1.165) is 62.0 Å². The van der Waals surface area contributed by atoms with Crippen molar-refractivity contribution in [3.05, 3.63) is 78.4 Å². The number of rotatable bonds is 19.